The Hall–Kier alpha value is -3.18. The van der Waals surface area contributed by atoms with E-state index < -0.39 is 0 Å². The molecule has 0 spiro atoms. The third-order valence-electron chi connectivity index (χ3n) is 3.69. The third kappa shape index (κ3) is 3.09. The average Bonchev–Trinajstić information content (AvgIpc) is 3.06. The Morgan fingerprint density at radius 1 is 1.04 bits per heavy atom. The summed E-state index contributed by atoms with van der Waals surface area (Å²) in [5.74, 6) is 0.228. The molecule has 6 heteroatoms. The Kier molecular flexibility index (Phi) is 3.91. The van der Waals surface area contributed by atoms with Gasteiger partial charge in [-0.1, -0.05) is 23.7 Å². The number of hydrogen-bond acceptors (Lipinski definition) is 4. The lowest BCUT2D eigenvalue weighted by Gasteiger charge is -2.06. The molecule has 0 radical (unpaired) electrons. The summed E-state index contributed by atoms with van der Waals surface area (Å²) >= 11 is 6.06. The normalized spacial score (nSPS) is 10.8. The lowest BCUT2D eigenvalue weighted by atomic mass is 10.2. The maximum Gasteiger partial charge on any atom is 0.257 e. The molecule has 0 unspecified atom stereocenters. The summed E-state index contributed by atoms with van der Waals surface area (Å²) in [5.41, 5.74) is 3.16. The number of carbonyl (C=O) groups is 1. The monoisotopic (exact) mass is 349 g/mol. The van der Waals surface area contributed by atoms with Crippen LogP contribution in [-0.4, -0.2) is 15.9 Å². The molecule has 0 aliphatic rings. The zero-order chi connectivity index (χ0) is 17.2. The van der Waals surface area contributed by atoms with Crippen molar-refractivity contribution in [2.24, 2.45) is 0 Å². The van der Waals surface area contributed by atoms with E-state index in [0.29, 0.717) is 33.3 Å². The highest BCUT2D eigenvalue weighted by molar-refractivity contribution is 6.34. The standard InChI is InChI=1S/C19H12ClN3O2/c20-15-4-2-1-3-14(15)18(24)22-13-5-6-16-17(11-13)25-19(23-16)12-7-9-21-10-8-12/h1-11H,(H,22,24). The van der Waals surface area contributed by atoms with Crippen molar-refractivity contribution >= 4 is 34.3 Å². The molecule has 0 aliphatic carbocycles. The molecule has 1 N–H and O–H groups in total. The second-order valence-corrected chi connectivity index (χ2v) is 5.78. The fourth-order valence-corrected chi connectivity index (χ4v) is 2.69. The van der Waals surface area contributed by atoms with Crippen LogP contribution < -0.4 is 5.32 Å². The van der Waals surface area contributed by atoms with Crippen LogP contribution in [0.3, 0.4) is 0 Å². The number of hydrogen-bond donors (Lipinski definition) is 1. The fourth-order valence-electron chi connectivity index (χ4n) is 2.46. The molecule has 0 saturated carbocycles. The topological polar surface area (TPSA) is 68.0 Å². The molecular formula is C19H12ClN3O2. The van der Waals surface area contributed by atoms with Crippen LogP contribution in [0.1, 0.15) is 10.4 Å². The van der Waals surface area contributed by atoms with Gasteiger partial charge in [-0.3, -0.25) is 9.78 Å². The van der Waals surface area contributed by atoms with E-state index in [1.165, 1.54) is 0 Å². The highest BCUT2D eigenvalue weighted by Gasteiger charge is 2.12. The van der Waals surface area contributed by atoms with Crippen LogP contribution in [0.25, 0.3) is 22.6 Å². The van der Waals surface area contributed by atoms with Crippen LogP contribution >= 0.6 is 11.6 Å². The number of amides is 1. The highest BCUT2D eigenvalue weighted by Crippen LogP contribution is 2.26. The van der Waals surface area contributed by atoms with Gasteiger partial charge in [0.15, 0.2) is 5.58 Å². The number of fused-ring (bicyclic) bond motifs is 1. The predicted octanol–water partition coefficient (Wildman–Crippen LogP) is 4.80. The van der Waals surface area contributed by atoms with E-state index in [0.717, 1.165) is 5.56 Å². The number of nitrogens with one attached hydrogen (secondary N) is 1. The minimum absolute atomic E-state index is 0.279. The molecule has 0 saturated heterocycles. The lowest BCUT2D eigenvalue weighted by Crippen LogP contribution is -2.12. The predicted molar refractivity (Wildman–Crippen MR) is 96.6 cm³/mol. The van der Waals surface area contributed by atoms with Crippen LogP contribution in [0.15, 0.2) is 71.4 Å². The van der Waals surface area contributed by atoms with Gasteiger partial charge in [0, 0.05) is 29.7 Å². The maximum atomic E-state index is 12.3. The van der Waals surface area contributed by atoms with Crippen molar-refractivity contribution in [1.82, 2.24) is 9.97 Å². The van der Waals surface area contributed by atoms with Crippen molar-refractivity contribution in [2.45, 2.75) is 0 Å². The SMILES string of the molecule is O=C(Nc1ccc2nc(-c3ccncc3)oc2c1)c1ccccc1Cl. The quantitative estimate of drug-likeness (QED) is 0.577. The van der Waals surface area contributed by atoms with Gasteiger partial charge in [0.1, 0.15) is 5.52 Å². The van der Waals surface area contributed by atoms with Gasteiger partial charge in [-0.25, -0.2) is 4.98 Å². The van der Waals surface area contributed by atoms with Gasteiger partial charge >= 0.3 is 0 Å². The van der Waals surface area contributed by atoms with E-state index in [1.807, 2.05) is 12.1 Å². The zero-order valence-electron chi connectivity index (χ0n) is 12.9. The molecule has 0 atom stereocenters. The molecule has 2 aromatic heterocycles. The molecule has 122 valence electrons. The summed E-state index contributed by atoms with van der Waals surface area (Å²) in [7, 11) is 0. The van der Waals surface area contributed by atoms with Crippen LogP contribution in [0.4, 0.5) is 5.69 Å². The first kappa shape index (κ1) is 15.4. The van der Waals surface area contributed by atoms with Crippen LogP contribution in [0.5, 0.6) is 0 Å². The van der Waals surface area contributed by atoms with Crippen molar-refractivity contribution in [3.8, 4) is 11.5 Å². The van der Waals surface area contributed by atoms with Gasteiger partial charge in [0.25, 0.3) is 5.91 Å². The van der Waals surface area contributed by atoms with Crippen molar-refractivity contribution in [1.29, 1.82) is 0 Å². The largest absolute Gasteiger partial charge is 0.436 e. The second-order valence-electron chi connectivity index (χ2n) is 5.37. The number of benzene rings is 2. The Morgan fingerprint density at radius 2 is 1.84 bits per heavy atom. The van der Waals surface area contributed by atoms with Crippen LogP contribution in [0, 0.1) is 0 Å². The van der Waals surface area contributed by atoms with Gasteiger partial charge in [0.2, 0.25) is 5.89 Å². The molecule has 2 aromatic carbocycles. The van der Waals surface area contributed by atoms with E-state index in [9.17, 15) is 4.79 Å². The first-order valence-corrected chi connectivity index (χ1v) is 7.95. The summed E-state index contributed by atoms with van der Waals surface area (Å²) in [6.07, 6.45) is 3.36. The van der Waals surface area contributed by atoms with Gasteiger partial charge in [-0.15, -0.1) is 0 Å². The molecule has 5 nitrogen and oxygen atoms in total. The molecule has 0 fully saturated rings. The maximum absolute atomic E-state index is 12.3. The minimum Gasteiger partial charge on any atom is -0.436 e. The van der Waals surface area contributed by atoms with Crippen LogP contribution in [0.2, 0.25) is 5.02 Å². The second kappa shape index (κ2) is 6.37. The van der Waals surface area contributed by atoms with E-state index in [1.54, 1.807) is 54.9 Å². The molecule has 4 aromatic rings. The first-order valence-electron chi connectivity index (χ1n) is 7.57. The van der Waals surface area contributed by atoms with Crippen molar-refractivity contribution in [2.75, 3.05) is 5.32 Å². The van der Waals surface area contributed by atoms with Crippen molar-refractivity contribution in [3.05, 3.63) is 77.6 Å². The minimum atomic E-state index is -0.279. The molecule has 25 heavy (non-hydrogen) atoms. The fraction of sp³-hybridized carbons (Fsp3) is 0. The number of pyridine rings is 1. The summed E-state index contributed by atoms with van der Waals surface area (Å²) in [5, 5.41) is 3.22. The molecule has 0 bridgehead atoms. The van der Waals surface area contributed by atoms with Crippen LogP contribution in [-0.2, 0) is 0 Å². The molecular weight excluding hydrogens is 338 g/mol. The Labute approximate surface area is 148 Å². The Morgan fingerprint density at radius 3 is 2.64 bits per heavy atom. The number of oxazole rings is 1. The number of carbonyl (C=O) groups excluding carboxylic acids is 1. The van der Waals surface area contributed by atoms with Gasteiger partial charge in [-0.2, -0.15) is 0 Å². The van der Waals surface area contributed by atoms with Gasteiger partial charge < -0.3 is 9.73 Å². The number of nitrogens with zero attached hydrogens (tertiary/aromatic N) is 2. The number of aromatic nitrogens is 2. The third-order valence-corrected chi connectivity index (χ3v) is 4.02. The number of anilines is 1. The Bertz CT molecular complexity index is 1060. The Balaban J connectivity index is 1.63. The number of rotatable bonds is 3. The summed E-state index contributed by atoms with van der Waals surface area (Å²) in [4.78, 5) is 20.8. The molecule has 2 heterocycles. The van der Waals surface area contributed by atoms with Crippen molar-refractivity contribution < 1.29 is 9.21 Å². The molecule has 1 amide bonds. The summed E-state index contributed by atoms with van der Waals surface area (Å²) in [6.45, 7) is 0. The molecule has 0 aliphatic heterocycles. The van der Waals surface area contributed by atoms with Crippen molar-refractivity contribution in [3.63, 3.8) is 0 Å². The van der Waals surface area contributed by atoms with Gasteiger partial charge in [0.05, 0.1) is 10.6 Å². The summed E-state index contributed by atoms with van der Waals surface area (Å²) < 4.78 is 5.79. The number of halogens is 1. The average molecular weight is 350 g/mol. The lowest BCUT2D eigenvalue weighted by molar-refractivity contribution is 0.102. The van der Waals surface area contributed by atoms with E-state index in [-0.39, 0.29) is 5.91 Å². The first-order chi connectivity index (χ1) is 12.2. The van der Waals surface area contributed by atoms with E-state index in [2.05, 4.69) is 15.3 Å². The summed E-state index contributed by atoms with van der Waals surface area (Å²) in [6, 6.07) is 15.9. The van der Waals surface area contributed by atoms with Gasteiger partial charge in [-0.05, 0) is 36.4 Å². The smallest absolute Gasteiger partial charge is 0.257 e. The van der Waals surface area contributed by atoms with E-state index in [4.69, 9.17) is 16.0 Å². The zero-order valence-corrected chi connectivity index (χ0v) is 13.7. The highest BCUT2D eigenvalue weighted by atomic mass is 35.5. The van der Waals surface area contributed by atoms with E-state index >= 15 is 0 Å². The molecule has 4 rings (SSSR count).